The minimum atomic E-state index is -0.514. The molecule has 1 rings (SSSR count). The summed E-state index contributed by atoms with van der Waals surface area (Å²) in [6.45, 7) is 10.3. The topological polar surface area (TPSA) is 69.7 Å². The largest absolute Gasteiger partial charge is 0.355 e. The lowest BCUT2D eigenvalue weighted by Crippen LogP contribution is -2.53. The van der Waals surface area contributed by atoms with Crippen LogP contribution in [0.4, 0.5) is 0 Å². The number of likely N-dealkylation sites (N-methyl/N-ethyl adjacent to an activating group) is 2. The van der Waals surface area contributed by atoms with E-state index in [9.17, 15) is 14.4 Å². The summed E-state index contributed by atoms with van der Waals surface area (Å²) in [4.78, 5) is 40.1. The molecule has 0 aromatic carbocycles. The van der Waals surface area contributed by atoms with E-state index in [1.807, 2.05) is 34.6 Å². The van der Waals surface area contributed by atoms with Gasteiger partial charge in [-0.2, -0.15) is 0 Å². The van der Waals surface area contributed by atoms with Crippen molar-refractivity contribution >= 4 is 29.5 Å². The normalized spacial score (nSPS) is 18.2. The fourth-order valence-electron chi connectivity index (χ4n) is 2.26. The van der Waals surface area contributed by atoms with Crippen LogP contribution in [0.5, 0.6) is 0 Å². The third-order valence-electron chi connectivity index (χ3n) is 3.47. The van der Waals surface area contributed by atoms with Gasteiger partial charge in [-0.1, -0.05) is 20.8 Å². The summed E-state index contributed by atoms with van der Waals surface area (Å²) in [6, 6.07) is -0.467. The molecule has 22 heavy (non-hydrogen) atoms. The molecule has 1 aliphatic rings. The highest BCUT2D eigenvalue weighted by atomic mass is 32.2. The smallest absolute Gasteiger partial charge is 0.246 e. The monoisotopic (exact) mass is 329 g/mol. The van der Waals surface area contributed by atoms with Gasteiger partial charge in [0.15, 0.2) is 0 Å². The first-order chi connectivity index (χ1) is 10.2. The summed E-state index contributed by atoms with van der Waals surface area (Å²) in [7, 11) is 0. The number of hydrogen-bond donors (Lipinski definition) is 1. The Labute approximate surface area is 137 Å². The molecule has 1 aliphatic heterocycles. The Bertz CT molecular complexity index is 434. The van der Waals surface area contributed by atoms with Gasteiger partial charge in [-0.25, -0.2) is 0 Å². The lowest BCUT2D eigenvalue weighted by Gasteiger charge is -2.32. The predicted molar refractivity (Wildman–Crippen MR) is 88.4 cm³/mol. The Morgan fingerprint density at radius 1 is 1.27 bits per heavy atom. The maximum atomic E-state index is 12.7. The van der Waals surface area contributed by atoms with Gasteiger partial charge < -0.3 is 15.1 Å². The molecule has 0 aliphatic carbocycles. The van der Waals surface area contributed by atoms with Crippen LogP contribution >= 0.6 is 11.8 Å². The Morgan fingerprint density at radius 2 is 1.91 bits per heavy atom. The second-order valence-corrected chi connectivity index (χ2v) is 7.35. The molecule has 1 unspecified atom stereocenters. The number of carbonyl (C=O) groups is 3. The summed E-state index contributed by atoms with van der Waals surface area (Å²) >= 11 is 1.58. The average molecular weight is 329 g/mol. The van der Waals surface area contributed by atoms with Crippen molar-refractivity contribution in [1.82, 2.24) is 15.1 Å². The minimum absolute atomic E-state index is 0.0232. The Hall–Kier alpha value is -1.24. The molecule has 1 heterocycles. The van der Waals surface area contributed by atoms with Gasteiger partial charge in [-0.3, -0.25) is 14.4 Å². The van der Waals surface area contributed by atoms with E-state index in [4.69, 9.17) is 0 Å². The van der Waals surface area contributed by atoms with Gasteiger partial charge >= 0.3 is 0 Å². The third-order valence-corrected chi connectivity index (χ3v) is 4.48. The minimum Gasteiger partial charge on any atom is -0.355 e. The fourth-order valence-corrected chi connectivity index (χ4v) is 3.41. The molecule has 126 valence electrons. The SMILES string of the molecule is CCNC(=O)CN(CC)C(=O)C1CSCN1C(=O)C(C)(C)C. The number of thioether (sulfide) groups is 1. The van der Waals surface area contributed by atoms with E-state index in [-0.39, 0.29) is 24.3 Å². The zero-order chi connectivity index (χ0) is 16.9. The lowest BCUT2D eigenvalue weighted by atomic mass is 9.94. The van der Waals surface area contributed by atoms with Gasteiger partial charge in [0.1, 0.15) is 6.04 Å². The molecule has 1 atom stereocenters. The molecule has 1 N–H and O–H groups in total. The van der Waals surface area contributed by atoms with Gasteiger partial charge in [-0.15, -0.1) is 11.8 Å². The van der Waals surface area contributed by atoms with Gasteiger partial charge in [0, 0.05) is 24.3 Å². The molecule has 0 spiro atoms. The van der Waals surface area contributed by atoms with Crippen molar-refractivity contribution in [3.05, 3.63) is 0 Å². The van der Waals surface area contributed by atoms with Crippen LogP contribution in [0.2, 0.25) is 0 Å². The van der Waals surface area contributed by atoms with E-state index in [0.717, 1.165) is 0 Å². The molecule has 1 saturated heterocycles. The first-order valence-corrected chi connectivity index (χ1v) is 8.82. The van der Waals surface area contributed by atoms with E-state index in [1.54, 1.807) is 16.7 Å². The highest BCUT2D eigenvalue weighted by Gasteiger charge is 2.40. The predicted octanol–water partition coefficient (Wildman–Crippen LogP) is 0.919. The van der Waals surface area contributed by atoms with Crippen LogP contribution in [-0.4, -0.2) is 64.8 Å². The van der Waals surface area contributed by atoms with Gasteiger partial charge in [0.2, 0.25) is 17.7 Å². The summed E-state index contributed by atoms with van der Waals surface area (Å²) in [5.74, 6) is 0.788. The molecule has 0 radical (unpaired) electrons. The van der Waals surface area contributed by atoms with Crippen molar-refractivity contribution in [2.24, 2.45) is 5.41 Å². The summed E-state index contributed by atoms with van der Waals surface area (Å²) in [6.07, 6.45) is 0. The van der Waals surface area contributed by atoms with Crippen LogP contribution in [0.15, 0.2) is 0 Å². The molecule has 0 bridgehead atoms. The zero-order valence-corrected chi connectivity index (χ0v) is 15.0. The average Bonchev–Trinajstić information content (AvgIpc) is 2.91. The summed E-state index contributed by atoms with van der Waals surface area (Å²) in [5.41, 5.74) is -0.514. The summed E-state index contributed by atoms with van der Waals surface area (Å²) < 4.78 is 0. The molecule has 3 amide bonds. The molecule has 6 nitrogen and oxygen atoms in total. The van der Waals surface area contributed by atoms with Crippen LogP contribution in [0.3, 0.4) is 0 Å². The second-order valence-electron chi connectivity index (χ2n) is 6.35. The standard InChI is InChI=1S/C15H27N3O3S/c1-6-16-12(19)8-17(7-2)13(20)11-9-22-10-18(11)14(21)15(3,4)5/h11H,6-10H2,1-5H3,(H,16,19). The van der Waals surface area contributed by atoms with Crippen LogP contribution in [0, 0.1) is 5.41 Å². The van der Waals surface area contributed by atoms with Crippen LogP contribution in [0.1, 0.15) is 34.6 Å². The number of hydrogen-bond acceptors (Lipinski definition) is 4. The molecule has 0 aromatic heterocycles. The van der Waals surface area contributed by atoms with Crippen molar-refractivity contribution in [3.63, 3.8) is 0 Å². The van der Waals surface area contributed by atoms with Crippen LogP contribution in [-0.2, 0) is 14.4 Å². The van der Waals surface area contributed by atoms with E-state index < -0.39 is 11.5 Å². The highest BCUT2D eigenvalue weighted by Crippen LogP contribution is 2.28. The maximum Gasteiger partial charge on any atom is 0.246 e. The molecule has 7 heteroatoms. The van der Waals surface area contributed by atoms with Crippen molar-refractivity contribution in [2.45, 2.75) is 40.7 Å². The van der Waals surface area contributed by atoms with Gasteiger partial charge in [-0.05, 0) is 13.8 Å². The first kappa shape index (κ1) is 18.8. The molecular formula is C15H27N3O3S. The number of nitrogens with one attached hydrogen (secondary N) is 1. The van der Waals surface area contributed by atoms with Crippen molar-refractivity contribution in [2.75, 3.05) is 31.3 Å². The summed E-state index contributed by atoms with van der Waals surface area (Å²) in [5, 5.41) is 2.70. The highest BCUT2D eigenvalue weighted by molar-refractivity contribution is 7.99. The maximum absolute atomic E-state index is 12.7. The molecule has 1 fully saturated rings. The van der Waals surface area contributed by atoms with Gasteiger partial charge in [0.25, 0.3) is 0 Å². The quantitative estimate of drug-likeness (QED) is 0.814. The van der Waals surface area contributed by atoms with Crippen molar-refractivity contribution in [3.8, 4) is 0 Å². The van der Waals surface area contributed by atoms with E-state index >= 15 is 0 Å². The zero-order valence-electron chi connectivity index (χ0n) is 14.1. The van der Waals surface area contributed by atoms with Crippen LogP contribution < -0.4 is 5.32 Å². The van der Waals surface area contributed by atoms with E-state index in [1.165, 1.54) is 4.90 Å². The first-order valence-electron chi connectivity index (χ1n) is 7.66. The lowest BCUT2D eigenvalue weighted by molar-refractivity contribution is -0.148. The molecular weight excluding hydrogens is 302 g/mol. The third kappa shape index (κ3) is 4.63. The Balaban J connectivity index is 2.80. The van der Waals surface area contributed by atoms with Gasteiger partial charge in [0.05, 0.1) is 12.4 Å². The van der Waals surface area contributed by atoms with E-state index in [2.05, 4.69) is 5.32 Å². The van der Waals surface area contributed by atoms with Crippen molar-refractivity contribution < 1.29 is 14.4 Å². The number of rotatable bonds is 5. The molecule has 0 aromatic rings. The van der Waals surface area contributed by atoms with E-state index in [0.29, 0.717) is 24.7 Å². The number of carbonyl (C=O) groups excluding carboxylic acids is 3. The Morgan fingerprint density at radius 3 is 2.41 bits per heavy atom. The number of nitrogens with zero attached hydrogens (tertiary/aromatic N) is 2. The Kier molecular flexibility index (Phi) is 6.71. The number of amides is 3. The second kappa shape index (κ2) is 7.85. The van der Waals surface area contributed by atoms with Crippen molar-refractivity contribution in [1.29, 1.82) is 0 Å². The fraction of sp³-hybridized carbons (Fsp3) is 0.800. The van der Waals surface area contributed by atoms with Crippen LogP contribution in [0.25, 0.3) is 0 Å². The molecule has 0 saturated carbocycles.